The Kier molecular flexibility index (Phi) is 9.97. The Balaban J connectivity index is 2.00. The molecule has 0 aromatic carbocycles. The minimum Gasteiger partial charge on any atom is -0.481 e. The summed E-state index contributed by atoms with van der Waals surface area (Å²) in [6.07, 6.45) is 14.2. The van der Waals surface area contributed by atoms with Crippen molar-refractivity contribution in [1.29, 1.82) is 0 Å². The second-order valence-electron chi connectivity index (χ2n) is 6.95. The first-order valence-electron chi connectivity index (χ1n) is 9.51. The number of esters is 1. The van der Waals surface area contributed by atoms with Crippen LogP contribution in [0.5, 0.6) is 0 Å². The van der Waals surface area contributed by atoms with Crippen molar-refractivity contribution in [3.8, 4) is 0 Å². The van der Waals surface area contributed by atoms with Crippen LogP contribution in [-0.2, 0) is 14.3 Å². The molecular formula is C19H34O4. The van der Waals surface area contributed by atoms with Crippen molar-refractivity contribution in [1.82, 2.24) is 0 Å². The van der Waals surface area contributed by atoms with Gasteiger partial charge in [-0.3, -0.25) is 9.59 Å². The molecule has 1 rings (SSSR count). The van der Waals surface area contributed by atoms with E-state index in [2.05, 4.69) is 6.92 Å². The van der Waals surface area contributed by atoms with Crippen molar-refractivity contribution < 1.29 is 19.4 Å². The normalized spacial score (nSPS) is 23.9. The fourth-order valence-electron chi connectivity index (χ4n) is 3.42. The van der Waals surface area contributed by atoms with Crippen molar-refractivity contribution in [3.63, 3.8) is 0 Å². The van der Waals surface area contributed by atoms with Crippen LogP contribution in [0.2, 0.25) is 0 Å². The highest BCUT2D eigenvalue weighted by atomic mass is 16.6. The Morgan fingerprint density at radius 3 is 1.91 bits per heavy atom. The molecule has 0 radical (unpaired) electrons. The summed E-state index contributed by atoms with van der Waals surface area (Å²) >= 11 is 0. The molecule has 0 amide bonds. The summed E-state index contributed by atoms with van der Waals surface area (Å²) in [6, 6.07) is 0. The summed E-state index contributed by atoms with van der Waals surface area (Å²) < 4.78 is 5.22. The molecule has 1 N–H and O–H groups in total. The minimum absolute atomic E-state index is 0.356. The van der Waals surface area contributed by atoms with Crippen LogP contribution in [-0.4, -0.2) is 23.1 Å². The Bertz CT molecular complexity index is 353. The zero-order chi connectivity index (χ0) is 17.1. The minimum atomic E-state index is -0.906. The van der Waals surface area contributed by atoms with E-state index < -0.39 is 23.9 Å². The average molecular weight is 326 g/mol. The van der Waals surface area contributed by atoms with Gasteiger partial charge in [-0.15, -0.1) is 0 Å². The number of carbonyl (C=O) groups is 2. The van der Waals surface area contributed by atoms with Crippen molar-refractivity contribution in [2.75, 3.05) is 0 Å². The van der Waals surface area contributed by atoms with E-state index in [0.717, 1.165) is 12.8 Å². The maximum atomic E-state index is 11.5. The van der Waals surface area contributed by atoms with Crippen LogP contribution in [0.15, 0.2) is 0 Å². The second kappa shape index (κ2) is 11.5. The molecule has 1 aliphatic heterocycles. The number of hydrogen-bond donors (Lipinski definition) is 1. The topological polar surface area (TPSA) is 63.6 Å². The molecule has 0 aliphatic carbocycles. The molecule has 0 aromatic heterocycles. The van der Waals surface area contributed by atoms with Crippen molar-refractivity contribution in [2.24, 2.45) is 11.8 Å². The van der Waals surface area contributed by atoms with Gasteiger partial charge in [0.25, 0.3) is 0 Å². The number of unbranched alkanes of at least 4 members (excludes halogenated alkanes) is 10. The third kappa shape index (κ3) is 7.36. The fraction of sp³-hybridized carbons (Fsp3) is 0.895. The number of carboxylic acids is 1. The molecule has 4 heteroatoms. The highest BCUT2D eigenvalue weighted by Crippen LogP contribution is 2.31. The predicted octanol–water partition coefficient (Wildman–Crippen LogP) is 4.95. The molecule has 1 heterocycles. The molecule has 0 saturated carbocycles. The van der Waals surface area contributed by atoms with Gasteiger partial charge in [-0.05, 0) is 12.8 Å². The third-order valence-corrected chi connectivity index (χ3v) is 4.96. The lowest BCUT2D eigenvalue weighted by molar-refractivity contribution is -0.144. The number of carboxylic acid groups (broad SMARTS) is 1. The molecule has 134 valence electrons. The van der Waals surface area contributed by atoms with E-state index in [9.17, 15) is 14.7 Å². The number of ether oxygens (including phenoxy) is 1. The molecule has 0 bridgehead atoms. The van der Waals surface area contributed by atoms with Gasteiger partial charge in [0, 0.05) is 0 Å². The highest BCUT2D eigenvalue weighted by molar-refractivity contribution is 5.84. The number of carbonyl (C=O) groups excluding carboxylic acids is 1. The lowest BCUT2D eigenvalue weighted by Crippen LogP contribution is -2.27. The molecule has 1 fully saturated rings. The van der Waals surface area contributed by atoms with Crippen LogP contribution in [0.1, 0.15) is 90.9 Å². The van der Waals surface area contributed by atoms with Crippen LogP contribution >= 0.6 is 0 Å². The van der Waals surface area contributed by atoms with Crippen LogP contribution in [0.4, 0.5) is 0 Å². The average Bonchev–Trinajstić information content (AvgIpc) is 2.79. The van der Waals surface area contributed by atoms with Gasteiger partial charge >= 0.3 is 11.9 Å². The zero-order valence-electron chi connectivity index (χ0n) is 14.9. The number of rotatable bonds is 13. The van der Waals surface area contributed by atoms with E-state index in [-0.39, 0.29) is 5.97 Å². The zero-order valence-corrected chi connectivity index (χ0v) is 14.9. The van der Waals surface area contributed by atoms with Crippen molar-refractivity contribution >= 4 is 11.9 Å². The second-order valence-corrected chi connectivity index (χ2v) is 6.95. The molecule has 1 aliphatic rings. The molecular weight excluding hydrogens is 292 g/mol. The van der Waals surface area contributed by atoms with Crippen LogP contribution < -0.4 is 0 Å². The van der Waals surface area contributed by atoms with Crippen LogP contribution in [0.25, 0.3) is 0 Å². The molecule has 1 saturated heterocycles. The van der Waals surface area contributed by atoms with Gasteiger partial charge in [0.15, 0.2) is 0 Å². The standard InChI is InChI=1S/C19H34O4/c1-3-4-5-6-7-8-9-10-11-12-13-14-16-17(18(20)21)15(2)19(22)23-16/h15-17H,3-14H2,1-2H3,(H,20,21)/t15-,16+,17+/m1/s1. The lowest BCUT2D eigenvalue weighted by atomic mass is 9.89. The van der Waals surface area contributed by atoms with Gasteiger partial charge in [0.05, 0.1) is 5.92 Å². The highest BCUT2D eigenvalue weighted by Gasteiger charge is 2.45. The molecule has 3 atom stereocenters. The smallest absolute Gasteiger partial charge is 0.311 e. The first kappa shape index (κ1) is 20.0. The maximum Gasteiger partial charge on any atom is 0.311 e. The summed E-state index contributed by atoms with van der Waals surface area (Å²) in [5, 5.41) is 9.22. The molecule has 0 spiro atoms. The largest absolute Gasteiger partial charge is 0.481 e. The fourth-order valence-corrected chi connectivity index (χ4v) is 3.42. The first-order valence-corrected chi connectivity index (χ1v) is 9.51. The van der Waals surface area contributed by atoms with Gasteiger partial charge in [-0.25, -0.2) is 0 Å². The van der Waals surface area contributed by atoms with Crippen molar-refractivity contribution in [3.05, 3.63) is 0 Å². The SMILES string of the molecule is CCCCCCCCCCCCC[C@@H]1OC(=O)[C@H](C)[C@@H]1C(=O)O. The van der Waals surface area contributed by atoms with Gasteiger partial charge in [-0.2, -0.15) is 0 Å². The van der Waals surface area contributed by atoms with E-state index in [1.165, 1.54) is 57.8 Å². The lowest BCUT2D eigenvalue weighted by Gasteiger charge is -2.15. The van der Waals surface area contributed by atoms with Crippen LogP contribution in [0, 0.1) is 11.8 Å². The van der Waals surface area contributed by atoms with Gasteiger partial charge in [0.1, 0.15) is 12.0 Å². The Labute approximate surface area is 141 Å². The third-order valence-electron chi connectivity index (χ3n) is 4.96. The maximum absolute atomic E-state index is 11.5. The van der Waals surface area contributed by atoms with E-state index in [4.69, 9.17) is 4.74 Å². The summed E-state index contributed by atoms with van der Waals surface area (Å²) in [4.78, 5) is 22.8. The number of aliphatic carboxylic acids is 1. The molecule has 4 nitrogen and oxygen atoms in total. The number of cyclic esters (lactones) is 1. The van der Waals surface area contributed by atoms with E-state index in [1.807, 2.05) is 0 Å². The van der Waals surface area contributed by atoms with Gasteiger partial charge in [-0.1, -0.05) is 78.1 Å². The predicted molar refractivity (Wildman–Crippen MR) is 91.2 cm³/mol. The summed E-state index contributed by atoms with van der Waals surface area (Å²) in [7, 11) is 0. The van der Waals surface area contributed by atoms with E-state index in [1.54, 1.807) is 6.92 Å². The summed E-state index contributed by atoms with van der Waals surface area (Å²) in [5.41, 5.74) is 0. The molecule has 0 aromatic rings. The molecule has 0 unspecified atom stereocenters. The first-order chi connectivity index (χ1) is 11.1. The number of hydrogen-bond acceptors (Lipinski definition) is 3. The van der Waals surface area contributed by atoms with Gasteiger partial charge < -0.3 is 9.84 Å². The summed E-state index contributed by atoms with van der Waals surface area (Å²) in [5.74, 6) is -2.43. The van der Waals surface area contributed by atoms with E-state index in [0.29, 0.717) is 6.42 Å². The summed E-state index contributed by atoms with van der Waals surface area (Å²) in [6.45, 7) is 3.90. The van der Waals surface area contributed by atoms with Crippen LogP contribution in [0.3, 0.4) is 0 Å². The Morgan fingerprint density at radius 2 is 1.43 bits per heavy atom. The van der Waals surface area contributed by atoms with E-state index >= 15 is 0 Å². The van der Waals surface area contributed by atoms with Gasteiger partial charge in [0.2, 0.25) is 0 Å². The Morgan fingerprint density at radius 1 is 0.957 bits per heavy atom. The monoisotopic (exact) mass is 326 g/mol. The molecule has 23 heavy (non-hydrogen) atoms. The Hall–Kier alpha value is -1.06. The van der Waals surface area contributed by atoms with Crippen molar-refractivity contribution in [2.45, 2.75) is 97.0 Å². The quantitative estimate of drug-likeness (QED) is 0.384.